The second-order valence-corrected chi connectivity index (χ2v) is 4.31. The van der Waals surface area contributed by atoms with Crippen LogP contribution in [0.25, 0.3) is 0 Å². The Morgan fingerprint density at radius 1 is 1.25 bits per heavy atom. The smallest absolute Gasteiger partial charge is 0.224 e. The number of amides is 2. The van der Waals surface area contributed by atoms with Gasteiger partial charge in [0.15, 0.2) is 0 Å². The fraction of sp³-hybridized carbons (Fsp3) is 0.462. The number of nitrogens with one attached hydrogen (secondary N) is 2. The molecule has 0 aliphatic carbocycles. The molecule has 2 amide bonds. The van der Waals surface area contributed by atoms with Gasteiger partial charge < -0.3 is 16.4 Å². The van der Waals surface area contributed by atoms with E-state index in [4.69, 9.17) is 5.73 Å². The highest BCUT2D eigenvalue weighted by atomic mass is 35.5. The van der Waals surface area contributed by atoms with Crippen molar-refractivity contribution in [1.82, 2.24) is 10.3 Å². The van der Waals surface area contributed by atoms with Gasteiger partial charge in [-0.25, -0.2) is 4.98 Å². The molecule has 0 aliphatic rings. The third kappa shape index (κ3) is 8.31. The molecule has 0 bridgehead atoms. The highest BCUT2D eigenvalue weighted by Gasteiger charge is 2.02. The molecular formula is C13H21ClN4O2. The molecule has 7 heteroatoms. The summed E-state index contributed by atoms with van der Waals surface area (Å²) in [7, 11) is 0. The number of aromatic nitrogens is 1. The maximum absolute atomic E-state index is 11.6. The summed E-state index contributed by atoms with van der Waals surface area (Å²) in [5, 5.41) is 5.47. The van der Waals surface area contributed by atoms with Gasteiger partial charge in [0, 0.05) is 19.9 Å². The van der Waals surface area contributed by atoms with E-state index in [0.29, 0.717) is 24.5 Å². The second kappa shape index (κ2) is 10.0. The third-order valence-electron chi connectivity index (χ3n) is 2.52. The quantitative estimate of drug-likeness (QED) is 0.668. The van der Waals surface area contributed by atoms with Crippen molar-refractivity contribution >= 4 is 35.7 Å². The van der Waals surface area contributed by atoms with E-state index < -0.39 is 0 Å². The lowest BCUT2D eigenvalue weighted by Gasteiger charge is -2.05. The van der Waals surface area contributed by atoms with Crippen molar-refractivity contribution in [2.45, 2.75) is 32.6 Å². The number of hydrogen-bond donors (Lipinski definition) is 3. The number of halogens is 1. The Morgan fingerprint density at radius 3 is 2.60 bits per heavy atom. The summed E-state index contributed by atoms with van der Waals surface area (Å²) in [6.07, 6.45) is 4.59. The minimum Gasteiger partial charge on any atom is -0.384 e. The summed E-state index contributed by atoms with van der Waals surface area (Å²) in [6.45, 7) is 2.16. The van der Waals surface area contributed by atoms with Crippen molar-refractivity contribution in [3.05, 3.63) is 18.3 Å². The molecule has 4 N–H and O–H groups in total. The van der Waals surface area contributed by atoms with Gasteiger partial charge >= 0.3 is 0 Å². The molecule has 0 atom stereocenters. The van der Waals surface area contributed by atoms with Crippen LogP contribution in [0.5, 0.6) is 0 Å². The Morgan fingerprint density at radius 2 is 2.00 bits per heavy atom. The lowest BCUT2D eigenvalue weighted by molar-refractivity contribution is -0.119. The Balaban J connectivity index is 0.00000361. The summed E-state index contributed by atoms with van der Waals surface area (Å²) in [5.74, 6) is 0.371. The predicted octanol–water partition coefficient (Wildman–Crippen LogP) is 1.72. The van der Waals surface area contributed by atoms with Crippen molar-refractivity contribution in [3.63, 3.8) is 0 Å². The number of anilines is 2. The van der Waals surface area contributed by atoms with Crippen molar-refractivity contribution in [1.29, 1.82) is 0 Å². The molecule has 0 saturated carbocycles. The summed E-state index contributed by atoms with van der Waals surface area (Å²) < 4.78 is 0. The monoisotopic (exact) mass is 300 g/mol. The molecule has 112 valence electrons. The topological polar surface area (TPSA) is 97.1 Å². The summed E-state index contributed by atoms with van der Waals surface area (Å²) >= 11 is 0. The molecule has 0 saturated heterocycles. The first kappa shape index (κ1) is 18.2. The molecule has 0 aliphatic heterocycles. The maximum atomic E-state index is 11.6. The summed E-state index contributed by atoms with van der Waals surface area (Å²) in [4.78, 5) is 26.1. The number of nitrogen functional groups attached to an aromatic ring is 1. The SMILES string of the molecule is CC(=O)NCCCCCC(=O)Nc1ccc(N)nc1.Cl. The van der Waals surface area contributed by atoms with Crippen molar-refractivity contribution in [2.75, 3.05) is 17.6 Å². The number of nitrogens with two attached hydrogens (primary N) is 1. The van der Waals surface area contributed by atoms with Crippen LogP contribution < -0.4 is 16.4 Å². The van der Waals surface area contributed by atoms with Crippen LogP contribution in [0.2, 0.25) is 0 Å². The zero-order valence-corrected chi connectivity index (χ0v) is 12.3. The van der Waals surface area contributed by atoms with Gasteiger partial charge in [-0.1, -0.05) is 6.42 Å². The van der Waals surface area contributed by atoms with E-state index in [0.717, 1.165) is 19.3 Å². The largest absolute Gasteiger partial charge is 0.384 e. The lowest BCUT2D eigenvalue weighted by Crippen LogP contribution is -2.20. The highest BCUT2D eigenvalue weighted by Crippen LogP contribution is 2.08. The molecule has 1 aromatic rings. The van der Waals surface area contributed by atoms with Crippen LogP contribution in [0.3, 0.4) is 0 Å². The summed E-state index contributed by atoms with van der Waals surface area (Å²) in [5.41, 5.74) is 6.10. The van der Waals surface area contributed by atoms with E-state index in [1.165, 1.54) is 13.1 Å². The van der Waals surface area contributed by atoms with Crippen LogP contribution in [0, 0.1) is 0 Å². The highest BCUT2D eigenvalue weighted by molar-refractivity contribution is 5.90. The fourth-order valence-electron chi connectivity index (χ4n) is 1.55. The minimum atomic E-state index is -0.0360. The lowest BCUT2D eigenvalue weighted by atomic mass is 10.2. The van der Waals surface area contributed by atoms with Crippen LogP contribution in [-0.2, 0) is 9.59 Å². The van der Waals surface area contributed by atoms with Gasteiger partial charge in [0.2, 0.25) is 11.8 Å². The van der Waals surface area contributed by atoms with E-state index in [1.807, 2.05) is 0 Å². The number of rotatable bonds is 7. The van der Waals surface area contributed by atoms with Crippen LogP contribution in [-0.4, -0.2) is 23.3 Å². The number of nitrogens with zero attached hydrogens (tertiary/aromatic N) is 1. The zero-order chi connectivity index (χ0) is 14.1. The normalized spacial score (nSPS) is 9.45. The number of hydrogen-bond acceptors (Lipinski definition) is 4. The van der Waals surface area contributed by atoms with Gasteiger partial charge in [0.1, 0.15) is 5.82 Å². The number of pyridine rings is 1. The van der Waals surface area contributed by atoms with E-state index >= 15 is 0 Å². The fourth-order valence-corrected chi connectivity index (χ4v) is 1.55. The van der Waals surface area contributed by atoms with Crippen LogP contribution >= 0.6 is 12.4 Å². The van der Waals surface area contributed by atoms with Gasteiger partial charge in [-0.05, 0) is 25.0 Å². The van der Waals surface area contributed by atoms with Gasteiger partial charge in [-0.3, -0.25) is 9.59 Å². The Bertz CT molecular complexity index is 423. The van der Waals surface area contributed by atoms with E-state index in [-0.39, 0.29) is 24.2 Å². The number of carbonyl (C=O) groups excluding carboxylic acids is 2. The van der Waals surface area contributed by atoms with E-state index in [2.05, 4.69) is 15.6 Å². The first-order valence-corrected chi connectivity index (χ1v) is 6.34. The first-order chi connectivity index (χ1) is 9.08. The Hall–Kier alpha value is -1.82. The average Bonchev–Trinajstić information content (AvgIpc) is 2.36. The maximum Gasteiger partial charge on any atom is 0.224 e. The van der Waals surface area contributed by atoms with Crippen molar-refractivity contribution in [2.24, 2.45) is 0 Å². The molecule has 6 nitrogen and oxygen atoms in total. The zero-order valence-electron chi connectivity index (χ0n) is 11.5. The van der Waals surface area contributed by atoms with Gasteiger partial charge in [-0.15, -0.1) is 12.4 Å². The van der Waals surface area contributed by atoms with E-state index in [9.17, 15) is 9.59 Å². The number of unbranched alkanes of at least 4 members (excludes halogenated alkanes) is 2. The average molecular weight is 301 g/mol. The van der Waals surface area contributed by atoms with Gasteiger partial charge in [-0.2, -0.15) is 0 Å². The van der Waals surface area contributed by atoms with Crippen LogP contribution in [0.4, 0.5) is 11.5 Å². The van der Waals surface area contributed by atoms with Gasteiger partial charge in [0.25, 0.3) is 0 Å². The minimum absolute atomic E-state index is 0. The predicted molar refractivity (Wildman–Crippen MR) is 81.7 cm³/mol. The Labute approximate surface area is 124 Å². The van der Waals surface area contributed by atoms with Crippen molar-refractivity contribution < 1.29 is 9.59 Å². The van der Waals surface area contributed by atoms with Crippen LogP contribution in [0.15, 0.2) is 18.3 Å². The molecule has 0 radical (unpaired) electrons. The summed E-state index contributed by atoms with van der Waals surface area (Å²) in [6, 6.07) is 3.36. The molecule has 0 unspecified atom stereocenters. The first-order valence-electron chi connectivity index (χ1n) is 6.34. The molecule has 1 heterocycles. The molecule has 0 aromatic carbocycles. The molecule has 1 rings (SSSR count). The van der Waals surface area contributed by atoms with E-state index in [1.54, 1.807) is 12.1 Å². The molecule has 1 aromatic heterocycles. The molecule has 20 heavy (non-hydrogen) atoms. The van der Waals surface area contributed by atoms with Crippen molar-refractivity contribution in [3.8, 4) is 0 Å². The molecule has 0 fully saturated rings. The van der Waals surface area contributed by atoms with Crippen LogP contribution in [0.1, 0.15) is 32.6 Å². The number of carbonyl (C=O) groups is 2. The third-order valence-corrected chi connectivity index (χ3v) is 2.52. The molecular weight excluding hydrogens is 280 g/mol. The van der Waals surface area contributed by atoms with Gasteiger partial charge in [0.05, 0.1) is 11.9 Å². The Kier molecular flexibility index (Phi) is 9.11. The second-order valence-electron chi connectivity index (χ2n) is 4.31. The standard InChI is InChI=1S/C13H20N4O2.ClH/c1-10(18)15-8-4-2-3-5-13(19)17-11-6-7-12(14)16-9-11;/h6-7,9H,2-5,8H2,1H3,(H2,14,16)(H,15,18)(H,17,19);1H. The molecule has 0 spiro atoms.